The minimum absolute atomic E-state index is 0.0122. The minimum atomic E-state index is -0.367. The lowest BCUT2D eigenvalue weighted by molar-refractivity contribution is -0.127. The standard InChI is InChI=1S/C12H26N2O2/c1-9(2)10(15)14-11(3,4)8-16-12(5,6)7-13/h9H,7-8,13H2,1-6H3,(H,14,15). The van der Waals surface area contributed by atoms with Crippen LogP contribution in [0.1, 0.15) is 41.5 Å². The monoisotopic (exact) mass is 230 g/mol. The molecule has 3 N–H and O–H groups in total. The van der Waals surface area contributed by atoms with Gasteiger partial charge in [-0.15, -0.1) is 0 Å². The summed E-state index contributed by atoms with van der Waals surface area (Å²) in [6, 6.07) is 0. The molecule has 0 saturated carbocycles. The molecule has 0 spiro atoms. The van der Waals surface area contributed by atoms with Gasteiger partial charge >= 0.3 is 0 Å². The van der Waals surface area contributed by atoms with E-state index >= 15 is 0 Å². The van der Waals surface area contributed by atoms with E-state index < -0.39 is 0 Å². The summed E-state index contributed by atoms with van der Waals surface area (Å²) >= 11 is 0. The molecular formula is C12H26N2O2. The smallest absolute Gasteiger partial charge is 0.223 e. The SMILES string of the molecule is CC(C)C(=O)NC(C)(C)COC(C)(C)CN. The van der Waals surface area contributed by atoms with Gasteiger partial charge in [-0.3, -0.25) is 4.79 Å². The molecule has 0 atom stereocenters. The first kappa shape index (κ1) is 15.4. The Morgan fingerprint density at radius 1 is 1.31 bits per heavy atom. The number of carbonyl (C=O) groups excluding carboxylic acids is 1. The summed E-state index contributed by atoms with van der Waals surface area (Å²) in [5, 5.41) is 2.95. The molecule has 0 rings (SSSR count). The van der Waals surface area contributed by atoms with E-state index in [1.165, 1.54) is 0 Å². The molecule has 0 aromatic heterocycles. The molecule has 0 unspecified atom stereocenters. The maximum Gasteiger partial charge on any atom is 0.223 e. The summed E-state index contributed by atoms with van der Waals surface area (Å²) in [5.41, 5.74) is 4.86. The molecule has 0 aliphatic carbocycles. The second-order valence-electron chi connectivity index (χ2n) is 5.78. The van der Waals surface area contributed by atoms with Crippen molar-refractivity contribution in [3.63, 3.8) is 0 Å². The van der Waals surface area contributed by atoms with Crippen molar-refractivity contribution in [2.75, 3.05) is 13.2 Å². The summed E-state index contributed by atoms with van der Waals surface area (Å²) in [6.07, 6.45) is 0. The van der Waals surface area contributed by atoms with Crippen LogP contribution in [0.5, 0.6) is 0 Å². The fourth-order valence-corrected chi connectivity index (χ4v) is 0.949. The maximum absolute atomic E-state index is 11.6. The van der Waals surface area contributed by atoms with Gasteiger partial charge in [-0.1, -0.05) is 13.8 Å². The quantitative estimate of drug-likeness (QED) is 0.722. The lowest BCUT2D eigenvalue weighted by Crippen LogP contribution is -2.50. The second kappa shape index (κ2) is 5.64. The lowest BCUT2D eigenvalue weighted by Gasteiger charge is -2.32. The Labute approximate surface area is 98.9 Å². The minimum Gasteiger partial charge on any atom is -0.372 e. The molecule has 0 aromatic carbocycles. The van der Waals surface area contributed by atoms with E-state index in [0.717, 1.165) is 0 Å². The third-order valence-corrected chi connectivity index (χ3v) is 2.30. The lowest BCUT2D eigenvalue weighted by atomic mass is 10.0. The summed E-state index contributed by atoms with van der Waals surface area (Å²) < 4.78 is 5.68. The number of rotatable bonds is 6. The van der Waals surface area contributed by atoms with Crippen molar-refractivity contribution in [1.29, 1.82) is 0 Å². The van der Waals surface area contributed by atoms with Crippen molar-refractivity contribution in [3.05, 3.63) is 0 Å². The Balaban J connectivity index is 4.20. The third kappa shape index (κ3) is 6.08. The predicted octanol–water partition coefficient (Wildman–Crippen LogP) is 1.29. The van der Waals surface area contributed by atoms with Crippen LogP contribution < -0.4 is 11.1 Å². The fraction of sp³-hybridized carbons (Fsp3) is 0.917. The zero-order chi connectivity index (χ0) is 13.0. The zero-order valence-electron chi connectivity index (χ0n) is 11.4. The molecule has 0 radical (unpaired) electrons. The molecule has 96 valence electrons. The van der Waals surface area contributed by atoms with Gasteiger partial charge in [0.15, 0.2) is 0 Å². The number of nitrogens with two attached hydrogens (primary N) is 1. The largest absolute Gasteiger partial charge is 0.372 e. The Kier molecular flexibility index (Phi) is 5.42. The normalized spacial score (nSPS) is 13.0. The number of nitrogens with one attached hydrogen (secondary N) is 1. The highest BCUT2D eigenvalue weighted by Crippen LogP contribution is 2.12. The number of hydrogen-bond donors (Lipinski definition) is 2. The van der Waals surface area contributed by atoms with Crippen molar-refractivity contribution in [3.8, 4) is 0 Å². The van der Waals surface area contributed by atoms with Crippen LogP contribution in [0.4, 0.5) is 0 Å². The average molecular weight is 230 g/mol. The molecule has 1 amide bonds. The van der Waals surface area contributed by atoms with Gasteiger partial charge in [0.25, 0.3) is 0 Å². The Bertz CT molecular complexity index is 235. The van der Waals surface area contributed by atoms with Gasteiger partial charge in [0, 0.05) is 12.5 Å². The second-order valence-corrected chi connectivity index (χ2v) is 5.78. The van der Waals surface area contributed by atoms with Crippen molar-refractivity contribution in [1.82, 2.24) is 5.32 Å². The highest BCUT2D eigenvalue weighted by molar-refractivity contribution is 5.78. The van der Waals surface area contributed by atoms with E-state index in [4.69, 9.17) is 10.5 Å². The first-order valence-electron chi connectivity index (χ1n) is 5.76. The molecule has 0 heterocycles. The van der Waals surface area contributed by atoms with Crippen molar-refractivity contribution >= 4 is 5.91 Å². The number of carbonyl (C=O) groups is 1. The molecule has 0 aliphatic heterocycles. The first-order chi connectivity index (χ1) is 7.09. The zero-order valence-corrected chi connectivity index (χ0v) is 11.4. The number of hydrogen-bond acceptors (Lipinski definition) is 3. The van der Waals surface area contributed by atoms with E-state index in [2.05, 4.69) is 5.32 Å². The van der Waals surface area contributed by atoms with Crippen LogP contribution in [0.2, 0.25) is 0 Å². The number of ether oxygens (including phenoxy) is 1. The fourth-order valence-electron chi connectivity index (χ4n) is 0.949. The third-order valence-electron chi connectivity index (χ3n) is 2.30. The van der Waals surface area contributed by atoms with Crippen LogP contribution in [0.3, 0.4) is 0 Å². The van der Waals surface area contributed by atoms with Crippen molar-refractivity contribution < 1.29 is 9.53 Å². The first-order valence-corrected chi connectivity index (χ1v) is 5.76. The van der Waals surface area contributed by atoms with Crippen molar-refractivity contribution in [2.24, 2.45) is 11.7 Å². The summed E-state index contributed by atoms with van der Waals surface area (Å²) in [4.78, 5) is 11.6. The maximum atomic E-state index is 11.6. The highest BCUT2D eigenvalue weighted by atomic mass is 16.5. The van der Waals surface area contributed by atoms with E-state index in [0.29, 0.717) is 13.2 Å². The van der Waals surface area contributed by atoms with Crippen LogP contribution in [-0.4, -0.2) is 30.2 Å². The average Bonchev–Trinajstić information content (AvgIpc) is 2.14. The van der Waals surface area contributed by atoms with Gasteiger partial charge in [0.2, 0.25) is 5.91 Å². The molecule has 0 aliphatic rings. The van der Waals surface area contributed by atoms with Gasteiger partial charge in [-0.2, -0.15) is 0 Å². The predicted molar refractivity (Wildman–Crippen MR) is 66.1 cm³/mol. The summed E-state index contributed by atoms with van der Waals surface area (Å²) in [6.45, 7) is 12.4. The summed E-state index contributed by atoms with van der Waals surface area (Å²) in [5.74, 6) is 0.0287. The molecule has 0 aromatic rings. The van der Waals surface area contributed by atoms with Gasteiger partial charge in [-0.25, -0.2) is 0 Å². The van der Waals surface area contributed by atoms with Crippen LogP contribution >= 0.6 is 0 Å². The molecule has 4 heteroatoms. The van der Waals surface area contributed by atoms with E-state index in [1.54, 1.807) is 0 Å². The van der Waals surface area contributed by atoms with Crippen LogP contribution in [0.25, 0.3) is 0 Å². The topological polar surface area (TPSA) is 64.3 Å². The van der Waals surface area contributed by atoms with Gasteiger partial charge in [0.05, 0.1) is 17.7 Å². The molecule has 16 heavy (non-hydrogen) atoms. The van der Waals surface area contributed by atoms with Crippen LogP contribution in [0.15, 0.2) is 0 Å². The van der Waals surface area contributed by atoms with Gasteiger partial charge in [-0.05, 0) is 27.7 Å². The summed E-state index contributed by atoms with van der Waals surface area (Å²) in [7, 11) is 0. The van der Waals surface area contributed by atoms with E-state index in [-0.39, 0.29) is 23.0 Å². The Morgan fingerprint density at radius 3 is 2.19 bits per heavy atom. The Hall–Kier alpha value is -0.610. The molecule has 4 nitrogen and oxygen atoms in total. The van der Waals surface area contributed by atoms with Crippen LogP contribution in [0, 0.1) is 5.92 Å². The van der Waals surface area contributed by atoms with Crippen molar-refractivity contribution in [2.45, 2.75) is 52.7 Å². The molecule has 0 saturated heterocycles. The molecule has 0 bridgehead atoms. The van der Waals surface area contributed by atoms with Gasteiger partial charge < -0.3 is 15.8 Å². The Morgan fingerprint density at radius 2 is 1.81 bits per heavy atom. The van der Waals surface area contributed by atoms with Gasteiger partial charge in [0.1, 0.15) is 0 Å². The van der Waals surface area contributed by atoms with Crippen LogP contribution in [-0.2, 0) is 9.53 Å². The number of amides is 1. The molecular weight excluding hydrogens is 204 g/mol. The van der Waals surface area contributed by atoms with E-state index in [9.17, 15) is 4.79 Å². The highest BCUT2D eigenvalue weighted by Gasteiger charge is 2.26. The molecule has 0 fully saturated rings. The van der Waals surface area contributed by atoms with E-state index in [1.807, 2.05) is 41.5 Å².